The number of unbranched alkanes of at least 4 members (excludes halogenated alkanes) is 3. The van der Waals surface area contributed by atoms with E-state index in [9.17, 15) is 9.90 Å². The van der Waals surface area contributed by atoms with Crippen LogP contribution in [0.4, 0.5) is 5.69 Å². The zero-order chi connectivity index (χ0) is 19.4. The SMILES string of the molecule is CCCCCCc1ccccc1O.NC(N)=Nc1ccc(C(=O)O)cc1. The fourth-order valence-corrected chi connectivity index (χ4v) is 2.29. The van der Waals surface area contributed by atoms with Crippen LogP contribution in [-0.2, 0) is 6.42 Å². The van der Waals surface area contributed by atoms with Crippen LogP contribution in [0.1, 0.15) is 48.5 Å². The predicted octanol–water partition coefficient (Wildman–Crippen LogP) is 3.80. The normalized spacial score (nSPS) is 9.73. The van der Waals surface area contributed by atoms with E-state index in [1.165, 1.54) is 49.9 Å². The van der Waals surface area contributed by atoms with Gasteiger partial charge in [0.05, 0.1) is 11.3 Å². The van der Waals surface area contributed by atoms with Crippen molar-refractivity contribution >= 4 is 17.6 Å². The van der Waals surface area contributed by atoms with Crippen molar-refractivity contribution < 1.29 is 15.0 Å². The van der Waals surface area contributed by atoms with E-state index in [1.807, 2.05) is 18.2 Å². The molecule has 0 saturated carbocycles. The molecule has 0 heterocycles. The van der Waals surface area contributed by atoms with E-state index in [1.54, 1.807) is 6.07 Å². The van der Waals surface area contributed by atoms with Crippen molar-refractivity contribution in [1.29, 1.82) is 0 Å². The lowest BCUT2D eigenvalue weighted by Crippen LogP contribution is -2.21. The number of aliphatic imine (C=N–C) groups is 1. The first-order valence-electron chi connectivity index (χ1n) is 8.64. The highest BCUT2D eigenvalue weighted by Crippen LogP contribution is 2.18. The van der Waals surface area contributed by atoms with Crippen molar-refractivity contribution in [2.45, 2.75) is 39.0 Å². The number of carboxylic acid groups (broad SMARTS) is 1. The molecule has 0 aromatic heterocycles. The molecule has 0 saturated heterocycles. The Labute approximate surface area is 154 Å². The smallest absolute Gasteiger partial charge is 0.335 e. The third-order valence-corrected chi connectivity index (χ3v) is 3.66. The standard InChI is InChI=1S/C12H18O.C8H9N3O2/c1-2-3-4-5-8-11-9-6-7-10-12(11)13;9-8(10)11-6-3-1-5(2-4-6)7(12)13/h6-7,9-10,13H,2-5,8H2,1H3;1-4H,(H,12,13)(H4,9,10,11). The molecule has 6 nitrogen and oxygen atoms in total. The molecule has 0 atom stereocenters. The van der Waals surface area contributed by atoms with Crippen molar-refractivity contribution in [2.75, 3.05) is 0 Å². The van der Waals surface area contributed by atoms with Crippen LogP contribution in [0.15, 0.2) is 53.5 Å². The van der Waals surface area contributed by atoms with Gasteiger partial charge in [-0.2, -0.15) is 0 Å². The predicted molar refractivity (Wildman–Crippen MR) is 105 cm³/mol. The Morgan fingerprint density at radius 2 is 1.65 bits per heavy atom. The number of phenols is 1. The fourth-order valence-electron chi connectivity index (χ4n) is 2.29. The van der Waals surface area contributed by atoms with Gasteiger partial charge in [0.1, 0.15) is 5.75 Å². The van der Waals surface area contributed by atoms with Gasteiger partial charge in [-0.25, -0.2) is 9.79 Å². The molecule has 2 rings (SSSR count). The van der Waals surface area contributed by atoms with Gasteiger partial charge in [-0.1, -0.05) is 44.4 Å². The minimum atomic E-state index is -0.976. The quantitative estimate of drug-likeness (QED) is 0.341. The van der Waals surface area contributed by atoms with E-state index in [-0.39, 0.29) is 11.5 Å². The number of aromatic carboxylic acids is 1. The van der Waals surface area contributed by atoms with E-state index >= 15 is 0 Å². The van der Waals surface area contributed by atoms with Gasteiger partial charge >= 0.3 is 5.97 Å². The molecule has 26 heavy (non-hydrogen) atoms. The molecule has 0 aliphatic carbocycles. The molecule has 2 aromatic rings. The Bertz CT molecular complexity index is 708. The second-order valence-electron chi connectivity index (χ2n) is 5.83. The first-order chi connectivity index (χ1) is 12.4. The first-order valence-corrected chi connectivity index (χ1v) is 8.64. The van der Waals surface area contributed by atoms with Crippen LogP contribution < -0.4 is 11.5 Å². The molecule has 2 aromatic carbocycles. The van der Waals surface area contributed by atoms with E-state index < -0.39 is 5.97 Å². The zero-order valence-corrected chi connectivity index (χ0v) is 15.1. The number of hydrogen-bond acceptors (Lipinski definition) is 3. The third kappa shape index (κ3) is 8.19. The molecular formula is C20H27N3O3. The minimum absolute atomic E-state index is 0.0527. The van der Waals surface area contributed by atoms with Crippen LogP contribution >= 0.6 is 0 Å². The summed E-state index contributed by atoms with van der Waals surface area (Å²) in [7, 11) is 0. The number of aromatic hydroxyl groups is 1. The summed E-state index contributed by atoms with van der Waals surface area (Å²) in [5.41, 5.74) is 12.1. The highest BCUT2D eigenvalue weighted by Gasteiger charge is 2.00. The molecule has 140 valence electrons. The van der Waals surface area contributed by atoms with Gasteiger partial charge in [0.15, 0.2) is 5.96 Å². The van der Waals surface area contributed by atoms with E-state index in [4.69, 9.17) is 16.6 Å². The van der Waals surface area contributed by atoms with Gasteiger partial charge in [-0.05, 0) is 48.7 Å². The van der Waals surface area contributed by atoms with Crippen molar-refractivity contribution in [3.63, 3.8) is 0 Å². The second kappa shape index (κ2) is 11.5. The molecule has 0 amide bonds. The number of guanidine groups is 1. The number of para-hydroxylation sites is 1. The molecule has 0 spiro atoms. The number of phenolic OH excluding ortho intramolecular Hbond substituents is 1. The number of carbonyl (C=O) groups is 1. The molecular weight excluding hydrogens is 330 g/mol. The van der Waals surface area contributed by atoms with Gasteiger partial charge in [0.2, 0.25) is 0 Å². The second-order valence-corrected chi connectivity index (χ2v) is 5.83. The molecule has 0 unspecified atom stereocenters. The van der Waals surface area contributed by atoms with Crippen LogP contribution in [0.25, 0.3) is 0 Å². The van der Waals surface area contributed by atoms with Gasteiger partial charge < -0.3 is 21.7 Å². The third-order valence-electron chi connectivity index (χ3n) is 3.66. The maximum atomic E-state index is 10.4. The summed E-state index contributed by atoms with van der Waals surface area (Å²) < 4.78 is 0. The highest BCUT2D eigenvalue weighted by atomic mass is 16.4. The molecule has 0 fully saturated rings. The Morgan fingerprint density at radius 3 is 2.19 bits per heavy atom. The van der Waals surface area contributed by atoms with E-state index in [0.717, 1.165) is 12.0 Å². The van der Waals surface area contributed by atoms with Crippen molar-refractivity contribution in [2.24, 2.45) is 16.5 Å². The summed E-state index contributed by atoms with van der Waals surface area (Å²) in [5, 5.41) is 18.0. The summed E-state index contributed by atoms with van der Waals surface area (Å²) in [6.45, 7) is 2.21. The Morgan fingerprint density at radius 1 is 1.00 bits per heavy atom. The molecule has 6 heteroatoms. The monoisotopic (exact) mass is 357 g/mol. The Balaban J connectivity index is 0.000000260. The summed E-state index contributed by atoms with van der Waals surface area (Å²) in [6.07, 6.45) is 6.03. The maximum Gasteiger partial charge on any atom is 0.335 e. The molecule has 0 bridgehead atoms. The summed E-state index contributed by atoms with van der Waals surface area (Å²) in [6, 6.07) is 13.5. The van der Waals surface area contributed by atoms with E-state index in [0.29, 0.717) is 11.4 Å². The van der Waals surface area contributed by atoms with Gasteiger partial charge in [0, 0.05) is 0 Å². The summed E-state index contributed by atoms with van der Waals surface area (Å²) >= 11 is 0. The Hall–Kier alpha value is -3.02. The number of rotatable bonds is 7. The molecule has 0 aliphatic rings. The fraction of sp³-hybridized carbons (Fsp3) is 0.300. The Kier molecular flexibility index (Phi) is 9.31. The lowest BCUT2D eigenvalue weighted by molar-refractivity contribution is 0.0697. The largest absolute Gasteiger partial charge is 0.508 e. The minimum Gasteiger partial charge on any atom is -0.508 e. The maximum absolute atomic E-state index is 10.4. The van der Waals surface area contributed by atoms with Gasteiger partial charge in [-0.3, -0.25) is 0 Å². The number of aryl methyl sites for hydroxylation is 1. The van der Waals surface area contributed by atoms with Crippen molar-refractivity contribution in [3.05, 3.63) is 59.7 Å². The molecule has 6 N–H and O–H groups in total. The average Bonchev–Trinajstić information content (AvgIpc) is 2.61. The number of hydrogen-bond donors (Lipinski definition) is 4. The number of nitrogens with two attached hydrogens (primary N) is 2. The van der Waals surface area contributed by atoms with Gasteiger partial charge in [-0.15, -0.1) is 0 Å². The van der Waals surface area contributed by atoms with E-state index in [2.05, 4.69) is 11.9 Å². The van der Waals surface area contributed by atoms with Crippen LogP contribution in [-0.4, -0.2) is 22.1 Å². The highest BCUT2D eigenvalue weighted by molar-refractivity contribution is 5.88. The van der Waals surface area contributed by atoms with Crippen LogP contribution in [0, 0.1) is 0 Å². The summed E-state index contributed by atoms with van der Waals surface area (Å²) in [5.74, 6) is -0.585. The average molecular weight is 357 g/mol. The van der Waals surface area contributed by atoms with Crippen LogP contribution in [0.5, 0.6) is 5.75 Å². The number of benzene rings is 2. The topological polar surface area (TPSA) is 122 Å². The summed E-state index contributed by atoms with van der Waals surface area (Å²) in [4.78, 5) is 14.2. The van der Waals surface area contributed by atoms with Crippen molar-refractivity contribution in [3.8, 4) is 5.75 Å². The van der Waals surface area contributed by atoms with Crippen LogP contribution in [0.3, 0.4) is 0 Å². The molecule has 0 aliphatic heterocycles. The van der Waals surface area contributed by atoms with Gasteiger partial charge in [0.25, 0.3) is 0 Å². The van der Waals surface area contributed by atoms with Crippen molar-refractivity contribution in [1.82, 2.24) is 0 Å². The lowest BCUT2D eigenvalue weighted by atomic mass is 10.1. The first kappa shape index (κ1) is 21.0. The zero-order valence-electron chi connectivity index (χ0n) is 15.1. The lowest BCUT2D eigenvalue weighted by Gasteiger charge is -2.03. The molecule has 0 radical (unpaired) electrons. The number of nitrogens with zero attached hydrogens (tertiary/aromatic N) is 1. The number of carboxylic acids is 1. The van der Waals surface area contributed by atoms with Crippen LogP contribution in [0.2, 0.25) is 0 Å².